The first kappa shape index (κ1) is 14.8. The molecule has 2 aliphatic heterocycles. The molecule has 2 saturated heterocycles. The molecular weight excluding hydrogens is 283 g/mol. The molecular formula is C15H18F3NO2. The molecule has 0 N–H and O–H groups in total. The summed E-state index contributed by atoms with van der Waals surface area (Å²) in [6.45, 7) is 3.14. The number of hydrogen-bond donors (Lipinski definition) is 0. The van der Waals surface area contributed by atoms with Gasteiger partial charge in [0.15, 0.2) is 5.79 Å². The molecule has 1 spiro atoms. The second-order valence-electron chi connectivity index (χ2n) is 5.62. The number of benzene rings is 1. The van der Waals surface area contributed by atoms with Gasteiger partial charge in [-0.1, -0.05) is 18.2 Å². The van der Waals surface area contributed by atoms with E-state index in [9.17, 15) is 13.2 Å². The summed E-state index contributed by atoms with van der Waals surface area (Å²) in [6.07, 6.45) is -2.51. The Morgan fingerprint density at radius 2 is 1.95 bits per heavy atom. The van der Waals surface area contributed by atoms with E-state index in [1.807, 2.05) is 0 Å². The van der Waals surface area contributed by atoms with E-state index < -0.39 is 17.5 Å². The lowest BCUT2D eigenvalue weighted by Crippen LogP contribution is -2.48. The third kappa shape index (κ3) is 3.39. The van der Waals surface area contributed by atoms with E-state index in [-0.39, 0.29) is 0 Å². The maximum atomic E-state index is 12.7. The van der Waals surface area contributed by atoms with Gasteiger partial charge in [0.25, 0.3) is 0 Å². The molecule has 6 heteroatoms. The van der Waals surface area contributed by atoms with Crippen molar-refractivity contribution in [2.45, 2.75) is 31.3 Å². The Hall–Kier alpha value is -1.11. The lowest BCUT2D eigenvalue weighted by molar-refractivity contribution is -0.190. The van der Waals surface area contributed by atoms with Crippen molar-refractivity contribution in [2.24, 2.45) is 0 Å². The Kier molecular flexibility index (Phi) is 3.94. The molecule has 3 rings (SSSR count). The monoisotopic (exact) mass is 301 g/mol. The molecule has 1 aromatic rings. The van der Waals surface area contributed by atoms with Crippen molar-refractivity contribution >= 4 is 0 Å². The van der Waals surface area contributed by atoms with Gasteiger partial charge >= 0.3 is 6.18 Å². The van der Waals surface area contributed by atoms with Gasteiger partial charge in [-0.15, -0.1) is 0 Å². The Bertz CT molecular complexity index is 498. The number of alkyl halides is 3. The van der Waals surface area contributed by atoms with E-state index >= 15 is 0 Å². The van der Waals surface area contributed by atoms with Crippen molar-refractivity contribution < 1.29 is 22.6 Å². The zero-order chi connectivity index (χ0) is 14.9. The molecule has 0 bridgehead atoms. The van der Waals surface area contributed by atoms with Gasteiger partial charge in [-0.05, 0) is 24.6 Å². The third-order valence-electron chi connectivity index (χ3n) is 3.97. The van der Waals surface area contributed by atoms with Crippen LogP contribution in [0.25, 0.3) is 0 Å². The summed E-state index contributed by atoms with van der Waals surface area (Å²) in [7, 11) is 0. The summed E-state index contributed by atoms with van der Waals surface area (Å²) in [5.74, 6) is -0.542. The van der Waals surface area contributed by atoms with E-state index in [4.69, 9.17) is 9.47 Å². The van der Waals surface area contributed by atoms with Gasteiger partial charge in [0, 0.05) is 13.0 Å². The van der Waals surface area contributed by atoms with Gasteiger partial charge in [0.2, 0.25) is 0 Å². The molecule has 0 saturated carbocycles. The van der Waals surface area contributed by atoms with Crippen molar-refractivity contribution in [3.05, 3.63) is 35.4 Å². The number of rotatable bonds is 2. The maximum Gasteiger partial charge on any atom is 0.416 e. The molecule has 1 aromatic carbocycles. The number of ether oxygens (including phenoxy) is 2. The van der Waals surface area contributed by atoms with E-state index in [1.165, 1.54) is 12.1 Å². The highest BCUT2D eigenvalue weighted by Gasteiger charge is 2.40. The predicted molar refractivity (Wildman–Crippen MR) is 70.6 cm³/mol. The highest BCUT2D eigenvalue weighted by Crippen LogP contribution is 2.32. The van der Waals surface area contributed by atoms with Crippen LogP contribution in [0.5, 0.6) is 0 Å². The standard InChI is InChI=1S/C15H18F3NO2/c16-15(17,18)13-4-1-3-12(9-13)10-19-6-2-5-14(11-19)20-7-8-21-14/h1,3-4,9H,2,5-8,10-11H2. The van der Waals surface area contributed by atoms with E-state index in [1.54, 1.807) is 6.07 Å². The minimum absolute atomic E-state index is 0.485. The Balaban J connectivity index is 1.69. The fourth-order valence-corrected chi connectivity index (χ4v) is 3.04. The van der Waals surface area contributed by atoms with Crippen LogP contribution in [0.4, 0.5) is 13.2 Å². The molecule has 116 valence electrons. The topological polar surface area (TPSA) is 21.7 Å². The Morgan fingerprint density at radius 3 is 2.67 bits per heavy atom. The average Bonchev–Trinajstić information content (AvgIpc) is 2.86. The number of likely N-dealkylation sites (tertiary alicyclic amines) is 1. The Labute approximate surface area is 121 Å². The van der Waals surface area contributed by atoms with E-state index in [0.717, 1.165) is 25.5 Å². The van der Waals surface area contributed by atoms with Gasteiger partial charge in [0.1, 0.15) is 0 Å². The van der Waals surface area contributed by atoms with Crippen molar-refractivity contribution in [3.8, 4) is 0 Å². The molecule has 21 heavy (non-hydrogen) atoms. The summed E-state index contributed by atoms with van der Waals surface area (Å²) in [6, 6.07) is 5.51. The largest absolute Gasteiger partial charge is 0.416 e. The van der Waals surface area contributed by atoms with Gasteiger partial charge in [-0.2, -0.15) is 13.2 Å². The van der Waals surface area contributed by atoms with Gasteiger partial charge in [0.05, 0.1) is 25.3 Å². The summed E-state index contributed by atoms with van der Waals surface area (Å²) in [5.41, 5.74) is 0.0694. The van der Waals surface area contributed by atoms with Crippen molar-refractivity contribution in [2.75, 3.05) is 26.3 Å². The second-order valence-corrected chi connectivity index (χ2v) is 5.62. The zero-order valence-electron chi connectivity index (χ0n) is 11.7. The molecule has 0 unspecified atom stereocenters. The smallest absolute Gasteiger partial charge is 0.346 e. The van der Waals surface area contributed by atoms with Crippen LogP contribution in [0.2, 0.25) is 0 Å². The van der Waals surface area contributed by atoms with E-state index in [2.05, 4.69) is 4.90 Å². The molecule has 2 fully saturated rings. The zero-order valence-corrected chi connectivity index (χ0v) is 11.7. The SMILES string of the molecule is FC(F)(F)c1cccc(CN2CCCC3(C2)OCCO3)c1. The maximum absolute atomic E-state index is 12.7. The lowest BCUT2D eigenvalue weighted by Gasteiger charge is -2.38. The molecule has 2 heterocycles. The van der Waals surface area contributed by atoms with Crippen LogP contribution in [0.3, 0.4) is 0 Å². The van der Waals surface area contributed by atoms with Gasteiger partial charge < -0.3 is 9.47 Å². The summed E-state index contributed by atoms with van der Waals surface area (Å²) >= 11 is 0. The molecule has 0 amide bonds. The van der Waals surface area contributed by atoms with E-state index in [0.29, 0.717) is 31.9 Å². The third-order valence-corrected chi connectivity index (χ3v) is 3.97. The van der Waals surface area contributed by atoms with Crippen LogP contribution in [-0.2, 0) is 22.2 Å². The first-order valence-electron chi connectivity index (χ1n) is 7.13. The summed E-state index contributed by atoms with van der Waals surface area (Å²) < 4.78 is 49.6. The van der Waals surface area contributed by atoms with Crippen molar-refractivity contribution in [1.82, 2.24) is 4.90 Å². The van der Waals surface area contributed by atoms with Crippen LogP contribution in [0, 0.1) is 0 Å². The quantitative estimate of drug-likeness (QED) is 0.838. The predicted octanol–water partition coefficient (Wildman–Crippen LogP) is 3.04. The summed E-state index contributed by atoms with van der Waals surface area (Å²) in [5, 5.41) is 0. The van der Waals surface area contributed by atoms with Crippen LogP contribution in [0.15, 0.2) is 24.3 Å². The fraction of sp³-hybridized carbons (Fsp3) is 0.600. The number of hydrogen-bond acceptors (Lipinski definition) is 3. The lowest BCUT2D eigenvalue weighted by atomic mass is 10.0. The van der Waals surface area contributed by atoms with Gasteiger partial charge in [-0.3, -0.25) is 4.90 Å². The highest BCUT2D eigenvalue weighted by molar-refractivity contribution is 5.25. The first-order valence-corrected chi connectivity index (χ1v) is 7.13. The summed E-state index contributed by atoms with van der Waals surface area (Å²) in [4.78, 5) is 2.10. The van der Waals surface area contributed by atoms with Crippen LogP contribution in [0.1, 0.15) is 24.0 Å². The molecule has 2 aliphatic rings. The number of nitrogens with zero attached hydrogens (tertiary/aromatic N) is 1. The molecule has 0 aromatic heterocycles. The number of halogens is 3. The molecule has 0 radical (unpaired) electrons. The number of piperidine rings is 1. The second kappa shape index (κ2) is 5.59. The average molecular weight is 301 g/mol. The van der Waals surface area contributed by atoms with Crippen molar-refractivity contribution in [1.29, 1.82) is 0 Å². The highest BCUT2D eigenvalue weighted by atomic mass is 19.4. The molecule has 0 atom stereocenters. The minimum Gasteiger partial charge on any atom is -0.346 e. The minimum atomic E-state index is -4.29. The fourth-order valence-electron chi connectivity index (χ4n) is 3.04. The molecule has 0 aliphatic carbocycles. The van der Waals surface area contributed by atoms with Crippen molar-refractivity contribution in [3.63, 3.8) is 0 Å². The van der Waals surface area contributed by atoms with Crippen LogP contribution >= 0.6 is 0 Å². The first-order chi connectivity index (χ1) is 9.97. The van der Waals surface area contributed by atoms with Gasteiger partial charge in [-0.25, -0.2) is 0 Å². The van der Waals surface area contributed by atoms with Crippen LogP contribution in [-0.4, -0.2) is 37.0 Å². The normalized spacial score (nSPS) is 22.8. The molecule has 3 nitrogen and oxygen atoms in total. The van der Waals surface area contributed by atoms with Crippen LogP contribution < -0.4 is 0 Å². The Morgan fingerprint density at radius 1 is 1.19 bits per heavy atom.